The van der Waals surface area contributed by atoms with Crippen LogP contribution in [-0.2, 0) is 0 Å². The molecule has 2 heterocycles. The van der Waals surface area contributed by atoms with Crippen molar-refractivity contribution in [2.24, 2.45) is 0 Å². The molecule has 0 amide bonds. The lowest BCUT2D eigenvalue weighted by molar-refractivity contribution is 0.0681. The van der Waals surface area contributed by atoms with Gasteiger partial charge in [-0.15, -0.1) is 0 Å². The number of nitrogens with zero attached hydrogens (tertiary/aromatic N) is 4. The van der Waals surface area contributed by atoms with Crippen LogP contribution >= 0.6 is 0 Å². The van der Waals surface area contributed by atoms with E-state index in [1.165, 1.54) is 0 Å². The van der Waals surface area contributed by atoms with Crippen molar-refractivity contribution in [2.45, 2.75) is 0 Å². The van der Waals surface area contributed by atoms with E-state index in [2.05, 4.69) is 19.9 Å². The average molecular weight is 476 g/mol. The van der Waals surface area contributed by atoms with E-state index in [0.29, 0.717) is 22.6 Å². The molecule has 0 atom stereocenters. The Balaban J connectivity index is 1.34. The first kappa shape index (κ1) is 22.9. The summed E-state index contributed by atoms with van der Waals surface area (Å²) in [7, 11) is 0. The van der Waals surface area contributed by atoms with E-state index in [1.54, 1.807) is 48.5 Å². The molecule has 0 aliphatic carbocycles. The summed E-state index contributed by atoms with van der Waals surface area (Å²) in [5.74, 6) is -2.61. The Hall–Kier alpha value is -5.26. The molecule has 0 radical (unpaired) electrons. The molecule has 0 spiro atoms. The predicted octanol–water partition coefficient (Wildman–Crippen LogP) is 2.82. The Morgan fingerprint density at radius 2 is 1.03 bits per heavy atom. The van der Waals surface area contributed by atoms with Gasteiger partial charge in [0, 0.05) is 23.5 Å². The average Bonchev–Trinajstić information content (AvgIpc) is 2.84. The number of aromatic nitrogens is 4. The van der Waals surface area contributed by atoms with Crippen molar-refractivity contribution in [3.8, 4) is 46.0 Å². The van der Waals surface area contributed by atoms with Gasteiger partial charge in [0.1, 0.15) is 22.6 Å². The molecule has 4 N–H and O–H groups in total. The molecule has 0 bridgehead atoms. The molecule has 35 heavy (non-hydrogen) atoms. The second-order valence-corrected chi connectivity index (χ2v) is 6.93. The first-order valence-electron chi connectivity index (χ1n) is 9.87. The minimum atomic E-state index is -1.32. The smallest absolute Gasteiger partial charge is 0.342 e. The van der Waals surface area contributed by atoms with Crippen molar-refractivity contribution in [3.63, 3.8) is 0 Å². The molecule has 12 heteroatoms. The third kappa shape index (κ3) is 5.22. The highest BCUT2D eigenvalue weighted by Gasteiger charge is 2.14. The molecule has 4 rings (SSSR count). The number of aromatic carboxylic acids is 2. The van der Waals surface area contributed by atoms with Gasteiger partial charge in [-0.2, -0.15) is 9.97 Å². The van der Waals surface area contributed by atoms with Crippen LogP contribution < -0.4 is 9.47 Å². The van der Waals surface area contributed by atoms with Gasteiger partial charge in [0.05, 0.1) is 0 Å². The fraction of sp³-hybridized carbons (Fsp3) is 0.0435. The normalized spacial score (nSPS) is 10.5. The van der Waals surface area contributed by atoms with E-state index in [9.17, 15) is 19.8 Å². The number of rotatable bonds is 8. The number of carboxylic acid groups (broad SMARTS) is 2. The van der Waals surface area contributed by atoms with Gasteiger partial charge in [0.15, 0.2) is 11.6 Å². The van der Waals surface area contributed by atoms with Crippen LogP contribution in [-0.4, -0.2) is 59.1 Å². The van der Waals surface area contributed by atoms with Gasteiger partial charge in [0.2, 0.25) is 18.6 Å². The molecule has 176 valence electrons. The van der Waals surface area contributed by atoms with E-state index in [4.69, 9.17) is 19.7 Å². The zero-order chi connectivity index (χ0) is 24.9. The fourth-order valence-electron chi connectivity index (χ4n) is 2.89. The number of ether oxygens (including phenoxy) is 2. The minimum absolute atomic E-state index is 0.103. The monoisotopic (exact) mass is 476 g/mol. The van der Waals surface area contributed by atoms with E-state index < -0.39 is 23.7 Å². The minimum Gasteiger partial charge on any atom is -0.493 e. The van der Waals surface area contributed by atoms with Gasteiger partial charge in [0.25, 0.3) is 0 Å². The number of aromatic hydroxyl groups is 2. The van der Waals surface area contributed by atoms with Crippen molar-refractivity contribution in [2.75, 3.05) is 6.79 Å². The molecular weight excluding hydrogens is 460 g/mol. The van der Waals surface area contributed by atoms with E-state index in [-0.39, 0.29) is 29.6 Å². The highest BCUT2D eigenvalue weighted by atomic mass is 16.7. The van der Waals surface area contributed by atoms with Crippen molar-refractivity contribution in [1.82, 2.24) is 19.9 Å². The lowest BCUT2D eigenvalue weighted by Crippen LogP contribution is -2.05. The Morgan fingerprint density at radius 3 is 1.34 bits per heavy atom. The van der Waals surface area contributed by atoms with Gasteiger partial charge in [-0.1, -0.05) is 0 Å². The molecule has 0 unspecified atom stereocenters. The lowest BCUT2D eigenvalue weighted by atomic mass is 10.2. The molecule has 0 fully saturated rings. The predicted molar refractivity (Wildman–Crippen MR) is 118 cm³/mol. The second-order valence-electron chi connectivity index (χ2n) is 6.93. The Morgan fingerprint density at radius 1 is 0.657 bits per heavy atom. The third-order valence-electron chi connectivity index (χ3n) is 4.67. The van der Waals surface area contributed by atoms with E-state index in [1.807, 2.05) is 0 Å². The van der Waals surface area contributed by atoms with Crippen LogP contribution in [0, 0.1) is 0 Å². The van der Waals surface area contributed by atoms with Gasteiger partial charge in [-0.05, 0) is 48.5 Å². The first-order chi connectivity index (χ1) is 16.8. The zero-order valence-corrected chi connectivity index (χ0v) is 17.7. The summed E-state index contributed by atoms with van der Waals surface area (Å²) in [6.45, 7) is -0.103. The van der Waals surface area contributed by atoms with E-state index >= 15 is 0 Å². The largest absolute Gasteiger partial charge is 0.493 e. The second kappa shape index (κ2) is 9.70. The zero-order valence-electron chi connectivity index (χ0n) is 17.7. The maximum atomic E-state index is 10.9. The first-order valence-corrected chi connectivity index (χ1v) is 9.87. The van der Waals surface area contributed by atoms with Gasteiger partial charge >= 0.3 is 11.9 Å². The fourth-order valence-corrected chi connectivity index (χ4v) is 2.89. The van der Waals surface area contributed by atoms with Gasteiger partial charge in [-0.25, -0.2) is 19.6 Å². The number of benzene rings is 2. The molecule has 2 aromatic heterocycles. The highest BCUT2D eigenvalue weighted by Crippen LogP contribution is 2.24. The lowest BCUT2D eigenvalue weighted by Gasteiger charge is -2.10. The summed E-state index contributed by atoms with van der Waals surface area (Å²) in [6.07, 6.45) is 2.06. The third-order valence-corrected chi connectivity index (χ3v) is 4.67. The molecule has 0 aliphatic heterocycles. The molecule has 0 saturated heterocycles. The summed E-state index contributed by atoms with van der Waals surface area (Å²) in [4.78, 5) is 37.3. The van der Waals surface area contributed by atoms with Crippen LogP contribution in [0.2, 0.25) is 0 Å². The van der Waals surface area contributed by atoms with Crippen LogP contribution in [0.25, 0.3) is 22.8 Å². The molecule has 0 aliphatic rings. The highest BCUT2D eigenvalue weighted by molar-refractivity contribution is 5.90. The van der Waals surface area contributed by atoms with Crippen molar-refractivity contribution < 1.29 is 39.5 Å². The molecular formula is C23H16N4O8. The molecule has 12 nitrogen and oxygen atoms in total. The quantitative estimate of drug-likeness (QED) is 0.273. The molecule has 2 aromatic carbocycles. The maximum absolute atomic E-state index is 10.9. The Bertz CT molecular complexity index is 1290. The summed E-state index contributed by atoms with van der Waals surface area (Å²) >= 11 is 0. The molecule has 4 aromatic rings. The summed E-state index contributed by atoms with van der Waals surface area (Å²) in [5.41, 5.74) is 0.317. The standard InChI is InChI=1S/C23H16N4O8/c28-20-16(22(30)31)9-24-18(26-20)12-1-5-14(6-2-12)34-11-35-15-7-3-13(4-8-15)19-25-10-17(23(32)33)21(29)27-19/h1-10H,11H2,(H,30,31)(H,32,33)(H,24,26,28)(H,25,27,29). The van der Waals surface area contributed by atoms with Crippen LogP contribution in [0.5, 0.6) is 23.3 Å². The Labute approximate surface area is 196 Å². The number of carboxylic acids is 2. The molecule has 0 saturated carbocycles. The van der Waals surface area contributed by atoms with Crippen molar-refractivity contribution >= 4 is 11.9 Å². The van der Waals surface area contributed by atoms with E-state index in [0.717, 1.165) is 12.4 Å². The number of hydrogen-bond donors (Lipinski definition) is 4. The number of carbonyl (C=O) groups is 2. The van der Waals surface area contributed by atoms with Crippen LogP contribution in [0.4, 0.5) is 0 Å². The summed E-state index contributed by atoms with van der Waals surface area (Å²) < 4.78 is 11.1. The van der Waals surface area contributed by atoms with Gasteiger partial charge < -0.3 is 29.9 Å². The maximum Gasteiger partial charge on any atom is 0.342 e. The Kier molecular flexibility index (Phi) is 6.35. The van der Waals surface area contributed by atoms with Crippen LogP contribution in [0.1, 0.15) is 20.7 Å². The van der Waals surface area contributed by atoms with Gasteiger partial charge in [-0.3, -0.25) is 0 Å². The summed E-state index contributed by atoms with van der Waals surface area (Å²) in [6, 6.07) is 13.1. The topological polar surface area (TPSA) is 185 Å². The SMILES string of the molecule is O=C(O)c1cnc(-c2ccc(OCOc3ccc(-c4ncc(C(=O)O)c(O)n4)cc3)cc2)nc1O. The number of hydrogen-bond acceptors (Lipinski definition) is 10. The van der Waals surface area contributed by atoms with Crippen molar-refractivity contribution in [3.05, 3.63) is 72.1 Å². The van der Waals surface area contributed by atoms with Crippen LogP contribution in [0.15, 0.2) is 60.9 Å². The summed E-state index contributed by atoms with van der Waals surface area (Å²) in [5, 5.41) is 37.3. The van der Waals surface area contributed by atoms with Crippen LogP contribution in [0.3, 0.4) is 0 Å². The van der Waals surface area contributed by atoms with Crippen molar-refractivity contribution in [1.29, 1.82) is 0 Å².